The van der Waals surface area contributed by atoms with E-state index in [0.717, 1.165) is 10.1 Å². The molecule has 0 fully saturated rings. The third-order valence-electron chi connectivity index (χ3n) is 4.42. The second-order valence-corrected chi connectivity index (χ2v) is 6.09. The third kappa shape index (κ3) is 3.06. The van der Waals surface area contributed by atoms with Crippen molar-refractivity contribution in [2.75, 3.05) is 13.3 Å². The number of halogens is 3. The summed E-state index contributed by atoms with van der Waals surface area (Å²) in [4.78, 5) is 13.9. The van der Waals surface area contributed by atoms with Crippen LogP contribution in [0.1, 0.15) is 23.6 Å². The summed E-state index contributed by atoms with van der Waals surface area (Å²) in [6.45, 7) is 0.455. The van der Waals surface area contributed by atoms with Gasteiger partial charge < -0.3 is 18.9 Å². The molecule has 7 nitrogen and oxygen atoms in total. The minimum Gasteiger partial charge on any atom is -0.454 e. The van der Waals surface area contributed by atoms with Crippen LogP contribution < -0.4 is 9.47 Å². The fourth-order valence-electron chi connectivity index (χ4n) is 3.09. The molecular formula is C16H15F3N4O3. The van der Waals surface area contributed by atoms with Crippen molar-refractivity contribution in [3.63, 3.8) is 0 Å². The van der Waals surface area contributed by atoms with Gasteiger partial charge >= 0.3 is 6.18 Å². The predicted molar refractivity (Wildman–Crippen MR) is 81.3 cm³/mol. The van der Waals surface area contributed by atoms with Crippen molar-refractivity contribution in [1.82, 2.24) is 19.7 Å². The Morgan fingerprint density at radius 3 is 2.77 bits per heavy atom. The molecule has 0 radical (unpaired) electrons. The first-order valence-electron chi connectivity index (χ1n) is 8.07. The first-order chi connectivity index (χ1) is 12.4. The topological polar surface area (TPSA) is 69.5 Å². The lowest BCUT2D eigenvalue weighted by molar-refractivity contribution is -0.148. The zero-order valence-corrected chi connectivity index (χ0v) is 13.6. The number of carbonyl (C=O) groups is 1. The Kier molecular flexibility index (Phi) is 3.97. The monoisotopic (exact) mass is 368 g/mol. The fourth-order valence-corrected chi connectivity index (χ4v) is 3.09. The molecular weight excluding hydrogens is 353 g/mol. The minimum absolute atomic E-state index is 0.0308. The van der Waals surface area contributed by atoms with E-state index in [0.29, 0.717) is 17.9 Å². The van der Waals surface area contributed by atoms with Crippen LogP contribution in [-0.2, 0) is 30.5 Å². The predicted octanol–water partition coefficient (Wildman–Crippen LogP) is 2.00. The standard InChI is InChI=1S/C16H15F3N4O3/c17-16(18,19)15-21-20-13-8-22(5-6-23(13)15)14(24)4-2-10-1-3-11-12(7-10)26-9-25-11/h1,3,7H,2,4-6,8-9H2. The molecule has 1 amide bonds. The maximum Gasteiger partial charge on any atom is 0.451 e. The molecule has 0 N–H and O–H groups in total. The van der Waals surface area contributed by atoms with E-state index in [1.807, 2.05) is 12.1 Å². The van der Waals surface area contributed by atoms with E-state index >= 15 is 0 Å². The number of benzene rings is 1. The number of carbonyl (C=O) groups excluding carboxylic acids is 1. The molecule has 0 aliphatic carbocycles. The summed E-state index contributed by atoms with van der Waals surface area (Å²) in [7, 11) is 0. The number of alkyl halides is 3. The smallest absolute Gasteiger partial charge is 0.451 e. The highest BCUT2D eigenvalue weighted by molar-refractivity contribution is 5.76. The van der Waals surface area contributed by atoms with Crippen molar-refractivity contribution in [2.24, 2.45) is 0 Å². The quantitative estimate of drug-likeness (QED) is 0.829. The van der Waals surface area contributed by atoms with E-state index in [1.54, 1.807) is 6.07 Å². The summed E-state index contributed by atoms with van der Waals surface area (Å²) in [6.07, 6.45) is -3.79. The van der Waals surface area contributed by atoms with Gasteiger partial charge in [0.1, 0.15) is 0 Å². The lowest BCUT2D eigenvalue weighted by atomic mass is 10.1. The van der Waals surface area contributed by atoms with E-state index < -0.39 is 12.0 Å². The number of rotatable bonds is 3. The number of hydrogen-bond donors (Lipinski definition) is 0. The van der Waals surface area contributed by atoms with Crippen molar-refractivity contribution in [3.8, 4) is 11.5 Å². The summed E-state index contributed by atoms with van der Waals surface area (Å²) in [5.74, 6) is 0.335. The van der Waals surface area contributed by atoms with Gasteiger partial charge in [0.15, 0.2) is 17.3 Å². The molecule has 0 saturated heterocycles. The maximum absolute atomic E-state index is 12.8. The molecule has 1 aromatic heterocycles. The molecule has 2 aliphatic heterocycles. The molecule has 10 heteroatoms. The van der Waals surface area contributed by atoms with Crippen molar-refractivity contribution in [2.45, 2.75) is 32.1 Å². The van der Waals surface area contributed by atoms with Crippen LogP contribution in [0.5, 0.6) is 11.5 Å². The second-order valence-electron chi connectivity index (χ2n) is 6.09. The molecule has 2 aliphatic rings. The highest BCUT2D eigenvalue weighted by Gasteiger charge is 2.39. The van der Waals surface area contributed by atoms with E-state index in [-0.39, 0.29) is 44.6 Å². The molecule has 2 aromatic rings. The Hall–Kier alpha value is -2.78. The SMILES string of the molecule is O=C(CCc1ccc2c(c1)OCO2)N1CCn2c(nnc2C(F)(F)F)C1. The number of ether oxygens (including phenoxy) is 2. The summed E-state index contributed by atoms with van der Waals surface area (Å²) in [6, 6.07) is 5.49. The van der Waals surface area contributed by atoms with Gasteiger partial charge in [0, 0.05) is 19.5 Å². The van der Waals surface area contributed by atoms with Gasteiger partial charge in [-0.3, -0.25) is 4.79 Å². The molecule has 0 unspecified atom stereocenters. The fraction of sp³-hybridized carbons (Fsp3) is 0.438. The second kappa shape index (κ2) is 6.19. The lowest BCUT2D eigenvalue weighted by Gasteiger charge is -2.28. The normalized spacial score (nSPS) is 15.9. The van der Waals surface area contributed by atoms with Crippen LogP contribution in [0, 0.1) is 0 Å². The van der Waals surface area contributed by atoms with Crippen molar-refractivity contribution < 1.29 is 27.4 Å². The van der Waals surface area contributed by atoms with Crippen LogP contribution >= 0.6 is 0 Å². The van der Waals surface area contributed by atoms with Gasteiger partial charge in [-0.15, -0.1) is 10.2 Å². The molecule has 0 atom stereocenters. The Bertz CT molecular complexity index is 850. The zero-order valence-electron chi connectivity index (χ0n) is 13.6. The summed E-state index contributed by atoms with van der Waals surface area (Å²) in [5.41, 5.74) is 0.933. The summed E-state index contributed by atoms with van der Waals surface area (Å²) < 4.78 is 50.1. The summed E-state index contributed by atoms with van der Waals surface area (Å²) >= 11 is 0. The van der Waals surface area contributed by atoms with Crippen LogP contribution in [0.25, 0.3) is 0 Å². The van der Waals surface area contributed by atoms with Crippen molar-refractivity contribution in [1.29, 1.82) is 0 Å². The molecule has 3 heterocycles. The molecule has 26 heavy (non-hydrogen) atoms. The number of aryl methyl sites for hydroxylation is 1. The van der Waals surface area contributed by atoms with Gasteiger partial charge in [-0.2, -0.15) is 13.2 Å². The Morgan fingerprint density at radius 1 is 1.15 bits per heavy atom. The number of aromatic nitrogens is 3. The van der Waals surface area contributed by atoms with Crippen LogP contribution in [0.4, 0.5) is 13.2 Å². The van der Waals surface area contributed by atoms with Gasteiger partial charge in [-0.25, -0.2) is 0 Å². The number of nitrogens with zero attached hydrogens (tertiary/aromatic N) is 4. The Morgan fingerprint density at radius 2 is 1.96 bits per heavy atom. The number of fused-ring (bicyclic) bond motifs is 2. The third-order valence-corrected chi connectivity index (χ3v) is 4.42. The zero-order chi connectivity index (χ0) is 18.3. The van der Waals surface area contributed by atoms with Crippen molar-refractivity contribution in [3.05, 3.63) is 35.4 Å². The molecule has 0 saturated carbocycles. The Labute approximate surface area is 146 Å². The van der Waals surface area contributed by atoms with E-state index in [9.17, 15) is 18.0 Å². The average Bonchev–Trinajstić information content (AvgIpc) is 3.24. The largest absolute Gasteiger partial charge is 0.454 e. The molecule has 4 rings (SSSR count). The minimum atomic E-state index is -4.54. The van der Waals surface area contributed by atoms with Crippen LogP contribution in [0.15, 0.2) is 18.2 Å². The first-order valence-corrected chi connectivity index (χ1v) is 8.07. The Balaban J connectivity index is 1.38. The molecule has 1 aromatic carbocycles. The molecule has 0 spiro atoms. The van der Waals surface area contributed by atoms with Gasteiger partial charge in [-0.05, 0) is 24.1 Å². The van der Waals surface area contributed by atoms with E-state index in [4.69, 9.17) is 9.47 Å². The molecule has 0 bridgehead atoms. The van der Waals surface area contributed by atoms with Gasteiger partial charge in [0.2, 0.25) is 18.5 Å². The highest BCUT2D eigenvalue weighted by atomic mass is 19.4. The number of amides is 1. The van der Waals surface area contributed by atoms with Crippen LogP contribution in [0.3, 0.4) is 0 Å². The van der Waals surface area contributed by atoms with Gasteiger partial charge in [0.05, 0.1) is 6.54 Å². The average molecular weight is 368 g/mol. The maximum atomic E-state index is 12.8. The first kappa shape index (κ1) is 16.7. The van der Waals surface area contributed by atoms with Gasteiger partial charge in [0.25, 0.3) is 0 Å². The van der Waals surface area contributed by atoms with E-state index in [1.165, 1.54) is 4.90 Å². The highest BCUT2D eigenvalue weighted by Crippen LogP contribution is 2.33. The van der Waals surface area contributed by atoms with E-state index in [2.05, 4.69) is 10.2 Å². The van der Waals surface area contributed by atoms with Gasteiger partial charge in [-0.1, -0.05) is 6.07 Å². The number of hydrogen-bond acceptors (Lipinski definition) is 5. The lowest BCUT2D eigenvalue weighted by Crippen LogP contribution is -2.39. The summed E-state index contributed by atoms with van der Waals surface area (Å²) in [5, 5.41) is 6.80. The van der Waals surface area contributed by atoms with Crippen LogP contribution in [-0.4, -0.2) is 38.9 Å². The molecule has 138 valence electrons. The van der Waals surface area contributed by atoms with Crippen LogP contribution in [0.2, 0.25) is 0 Å². The van der Waals surface area contributed by atoms with Crippen molar-refractivity contribution >= 4 is 5.91 Å².